The first kappa shape index (κ1) is 11.4. The van der Waals surface area contributed by atoms with E-state index >= 15 is 0 Å². The molecule has 0 saturated carbocycles. The van der Waals surface area contributed by atoms with Gasteiger partial charge in [0.25, 0.3) is 0 Å². The summed E-state index contributed by atoms with van der Waals surface area (Å²) in [6, 6.07) is 1.77. The fraction of sp³-hybridized carbons (Fsp3) is 0.583. The first-order valence-corrected chi connectivity index (χ1v) is 5.64. The summed E-state index contributed by atoms with van der Waals surface area (Å²) in [5.41, 5.74) is 1.40. The third-order valence-electron chi connectivity index (χ3n) is 2.75. The van der Waals surface area contributed by atoms with E-state index < -0.39 is 0 Å². The van der Waals surface area contributed by atoms with E-state index in [1.165, 1.54) is 0 Å². The molecule has 1 aliphatic rings. The number of hydrogen-bond acceptors (Lipinski definition) is 4. The van der Waals surface area contributed by atoms with E-state index in [-0.39, 0.29) is 12.0 Å². The number of aromatic hydroxyl groups is 1. The Morgan fingerprint density at radius 2 is 2.44 bits per heavy atom. The molecule has 1 N–H and O–H groups in total. The highest BCUT2D eigenvalue weighted by molar-refractivity contribution is 5.33. The highest BCUT2D eigenvalue weighted by atomic mass is 16.7. The van der Waals surface area contributed by atoms with Crippen LogP contribution >= 0.6 is 0 Å². The standard InChI is InChI=1S/C12H17NO3/c1-9-12(14)10(5-6-13-9)8-16-11-4-2-3-7-15-11/h5-6,11,14H,2-4,7-8H2,1H3. The molecule has 0 aliphatic carbocycles. The molecule has 1 aliphatic heterocycles. The smallest absolute Gasteiger partial charge is 0.158 e. The average Bonchev–Trinajstić information content (AvgIpc) is 2.32. The molecule has 0 amide bonds. The summed E-state index contributed by atoms with van der Waals surface area (Å²) in [6.07, 6.45) is 4.74. The number of aryl methyl sites for hydroxylation is 1. The first-order chi connectivity index (χ1) is 7.77. The van der Waals surface area contributed by atoms with Gasteiger partial charge in [-0.05, 0) is 32.3 Å². The SMILES string of the molecule is Cc1nccc(COC2CCCCO2)c1O. The Morgan fingerprint density at radius 1 is 1.56 bits per heavy atom. The van der Waals surface area contributed by atoms with Crippen LogP contribution in [0.2, 0.25) is 0 Å². The van der Waals surface area contributed by atoms with Crippen LogP contribution in [0.25, 0.3) is 0 Å². The van der Waals surface area contributed by atoms with E-state index in [2.05, 4.69) is 4.98 Å². The maximum absolute atomic E-state index is 9.74. The van der Waals surface area contributed by atoms with Crippen LogP contribution in [0, 0.1) is 6.92 Å². The third kappa shape index (κ3) is 2.71. The van der Waals surface area contributed by atoms with Crippen molar-refractivity contribution in [3.63, 3.8) is 0 Å². The van der Waals surface area contributed by atoms with Crippen molar-refractivity contribution in [3.8, 4) is 5.75 Å². The van der Waals surface area contributed by atoms with Gasteiger partial charge < -0.3 is 14.6 Å². The van der Waals surface area contributed by atoms with Gasteiger partial charge in [-0.25, -0.2) is 0 Å². The van der Waals surface area contributed by atoms with E-state index in [9.17, 15) is 5.11 Å². The van der Waals surface area contributed by atoms with Gasteiger partial charge in [-0.15, -0.1) is 0 Å². The zero-order chi connectivity index (χ0) is 11.4. The largest absolute Gasteiger partial charge is 0.506 e. The molecule has 1 fully saturated rings. The zero-order valence-corrected chi connectivity index (χ0v) is 9.48. The molecule has 1 unspecified atom stereocenters. The molecule has 1 saturated heterocycles. The monoisotopic (exact) mass is 223 g/mol. The molecule has 1 aromatic rings. The molecule has 0 bridgehead atoms. The Hall–Kier alpha value is -1.13. The fourth-order valence-electron chi connectivity index (χ4n) is 1.75. The molecule has 1 atom stereocenters. The summed E-state index contributed by atoms with van der Waals surface area (Å²) < 4.78 is 11.0. The van der Waals surface area contributed by atoms with Crippen molar-refractivity contribution in [3.05, 3.63) is 23.5 Å². The fourth-order valence-corrected chi connectivity index (χ4v) is 1.75. The van der Waals surface area contributed by atoms with E-state index in [1.807, 2.05) is 0 Å². The Morgan fingerprint density at radius 3 is 3.19 bits per heavy atom. The molecule has 1 aromatic heterocycles. The van der Waals surface area contributed by atoms with Crippen LogP contribution in [0.5, 0.6) is 5.75 Å². The Kier molecular flexibility index (Phi) is 3.74. The van der Waals surface area contributed by atoms with Gasteiger partial charge >= 0.3 is 0 Å². The van der Waals surface area contributed by atoms with Gasteiger partial charge in [0.2, 0.25) is 0 Å². The van der Waals surface area contributed by atoms with E-state index in [0.717, 1.165) is 31.4 Å². The summed E-state index contributed by atoms with van der Waals surface area (Å²) in [5.74, 6) is 0.221. The van der Waals surface area contributed by atoms with Crippen molar-refractivity contribution in [2.75, 3.05) is 6.61 Å². The zero-order valence-electron chi connectivity index (χ0n) is 9.48. The Labute approximate surface area is 95.2 Å². The van der Waals surface area contributed by atoms with Crippen molar-refractivity contribution < 1.29 is 14.6 Å². The van der Waals surface area contributed by atoms with Gasteiger partial charge in [-0.1, -0.05) is 0 Å². The lowest BCUT2D eigenvalue weighted by Gasteiger charge is -2.22. The topological polar surface area (TPSA) is 51.6 Å². The van der Waals surface area contributed by atoms with Gasteiger partial charge in [0.15, 0.2) is 6.29 Å². The van der Waals surface area contributed by atoms with Crippen molar-refractivity contribution in [2.24, 2.45) is 0 Å². The second-order valence-electron chi connectivity index (χ2n) is 4.01. The summed E-state index contributed by atoms with van der Waals surface area (Å²) in [4.78, 5) is 4.00. The minimum atomic E-state index is -0.123. The van der Waals surface area contributed by atoms with Crippen molar-refractivity contribution in [1.29, 1.82) is 0 Å². The summed E-state index contributed by atoms with van der Waals surface area (Å²) in [5, 5.41) is 9.74. The van der Waals surface area contributed by atoms with Crippen molar-refractivity contribution in [2.45, 2.75) is 39.1 Å². The third-order valence-corrected chi connectivity index (χ3v) is 2.75. The van der Waals surface area contributed by atoms with E-state index in [1.54, 1.807) is 19.2 Å². The van der Waals surface area contributed by atoms with Gasteiger partial charge in [-0.2, -0.15) is 0 Å². The summed E-state index contributed by atoms with van der Waals surface area (Å²) in [7, 11) is 0. The quantitative estimate of drug-likeness (QED) is 0.853. The van der Waals surface area contributed by atoms with Crippen LogP contribution in [-0.4, -0.2) is 23.0 Å². The lowest BCUT2D eigenvalue weighted by atomic mass is 10.2. The van der Waals surface area contributed by atoms with Crippen molar-refractivity contribution >= 4 is 0 Å². The van der Waals surface area contributed by atoms with Crippen LogP contribution in [0.15, 0.2) is 12.3 Å². The average molecular weight is 223 g/mol. The maximum Gasteiger partial charge on any atom is 0.158 e. The van der Waals surface area contributed by atoms with Gasteiger partial charge in [0.1, 0.15) is 5.75 Å². The number of rotatable bonds is 3. The first-order valence-electron chi connectivity index (χ1n) is 5.64. The minimum absolute atomic E-state index is 0.123. The van der Waals surface area contributed by atoms with Crippen LogP contribution in [-0.2, 0) is 16.1 Å². The summed E-state index contributed by atoms with van der Waals surface area (Å²) in [6.45, 7) is 2.92. The molecule has 4 heteroatoms. The van der Waals surface area contributed by atoms with Crippen LogP contribution in [0.1, 0.15) is 30.5 Å². The molecular formula is C12H17NO3. The van der Waals surface area contributed by atoms with E-state index in [0.29, 0.717) is 12.3 Å². The van der Waals surface area contributed by atoms with Crippen LogP contribution in [0.4, 0.5) is 0 Å². The summed E-state index contributed by atoms with van der Waals surface area (Å²) >= 11 is 0. The van der Waals surface area contributed by atoms with Gasteiger partial charge in [0.05, 0.1) is 12.3 Å². The lowest BCUT2D eigenvalue weighted by molar-refractivity contribution is -0.169. The molecule has 16 heavy (non-hydrogen) atoms. The van der Waals surface area contributed by atoms with Crippen LogP contribution < -0.4 is 0 Å². The van der Waals surface area contributed by atoms with E-state index in [4.69, 9.17) is 9.47 Å². The Balaban J connectivity index is 1.91. The van der Waals surface area contributed by atoms with Gasteiger partial charge in [-0.3, -0.25) is 4.98 Å². The molecule has 2 heterocycles. The number of hydrogen-bond donors (Lipinski definition) is 1. The highest BCUT2D eigenvalue weighted by Crippen LogP contribution is 2.22. The van der Waals surface area contributed by atoms with Crippen LogP contribution in [0.3, 0.4) is 0 Å². The highest BCUT2D eigenvalue weighted by Gasteiger charge is 2.15. The van der Waals surface area contributed by atoms with Crippen molar-refractivity contribution in [1.82, 2.24) is 4.98 Å². The lowest BCUT2D eigenvalue weighted by Crippen LogP contribution is -2.22. The molecule has 0 radical (unpaired) electrons. The normalized spacial score (nSPS) is 20.9. The number of nitrogens with zero attached hydrogens (tertiary/aromatic N) is 1. The molecule has 0 aromatic carbocycles. The molecule has 2 rings (SSSR count). The van der Waals surface area contributed by atoms with Gasteiger partial charge in [0, 0.05) is 18.4 Å². The molecule has 88 valence electrons. The second-order valence-corrected chi connectivity index (χ2v) is 4.01. The predicted octanol–water partition coefficient (Wildman–Crippen LogP) is 2.14. The minimum Gasteiger partial charge on any atom is -0.506 e. The number of aromatic nitrogens is 1. The number of ether oxygens (including phenoxy) is 2. The molecular weight excluding hydrogens is 206 g/mol. The predicted molar refractivity (Wildman–Crippen MR) is 59.0 cm³/mol. The Bertz CT molecular complexity index is 348. The molecule has 4 nitrogen and oxygen atoms in total. The molecule has 0 spiro atoms. The second kappa shape index (κ2) is 5.27. The maximum atomic E-state index is 9.74. The number of pyridine rings is 1.